The Kier molecular flexibility index (Phi) is 5.42. The van der Waals surface area contributed by atoms with Crippen LogP contribution in [0, 0.1) is 5.82 Å². The summed E-state index contributed by atoms with van der Waals surface area (Å²) in [4.78, 5) is 27.1. The van der Waals surface area contributed by atoms with Crippen LogP contribution in [0.3, 0.4) is 0 Å². The number of carbonyl (C=O) groups is 1. The Morgan fingerprint density at radius 1 is 1.10 bits per heavy atom. The molecule has 3 aromatic rings. The van der Waals surface area contributed by atoms with Gasteiger partial charge in [-0.3, -0.25) is 14.5 Å². The zero-order valence-corrected chi connectivity index (χ0v) is 15.9. The Bertz CT molecular complexity index is 1100. The number of nitrogens with two attached hydrogens (primary N) is 1. The molecule has 0 radical (unpaired) electrons. The van der Waals surface area contributed by atoms with Gasteiger partial charge in [-0.05, 0) is 48.4 Å². The lowest BCUT2D eigenvalue weighted by atomic mass is 10.1. The third-order valence-corrected chi connectivity index (χ3v) is 5.16. The monoisotopic (exact) mass is 395 g/mol. The van der Waals surface area contributed by atoms with E-state index in [9.17, 15) is 14.0 Å². The third kappa shape index (κ3) is 4.06. The second kappa shape index (κ2) is 8.14. The van der Waals surface area contributed by atoms with Crippen LogP contribution in [-0.4, -0.2) is 41.7 Å². The van der Waals surface area contributed by atoms with E-state index in [1.165, 1.54) is 18.3 Å². The minimum Gasteiger partial charge on any atom is -0.380 e. The number of benzene rings is 2. The fourth-order valence-corrected chi connectivity index (χ4v) is 3.68. The summed E-state index contributed by atoms with van der Waals surface area (Å²) in [5.41, 5.74) is 7.20. The normalized spacial score (nSPS) is 15.3. The number of amides is 1. The molecule has 0 unspecified atom stereocenters. The van der Waals surface area contributed by atoms with Gasteiger partial charge in [-0.25, -0.2) is 4.39 Å². The topological polar surface area (TPSA) is 77.6 Å². The van der Waals surface area contributed by atoms with E-state index in [-0.39, 0.29) is 11.4 Å². The van der Waals surface area contributed by atoms with Gasteiger partial charge < -0.3 is 15.0 Å². The van der Waals surface area contributed by atoms with Gasteiger partial charge in [0.2, 0.25) is 5.43 Å². The first-order valence-corrected chi connectivity index (χ1v) is 9.57. The molecule has 7 heteroatoms. The molecule has 0 saturated carbocycles. The number of primary amides is 1. The molecule has 29 heavy (non-hydrogen) atoms. The van der Waals surface area contributed by atoms with E-state index in [1.54, 1.807) is 16.7 Å². The summed E-state index contributed by atoms with van der Waals surface area (Å²) in [5, 5.41) is 0.411. The van der Waals surface area contributed by atoms with Crippen LogP contribution in [0.2, 0.25) is 0 Å². The number of hydrogen-bond acceptors (Lipinski definition) is 4. The van der Waals surface area contributed by atoms with Crippen molar-refractivity contribution in [3.63, 3.8) is 0 Å². The number of aromatic nitrogens is 1. The van der Waals surface area contributed by atoms with E-state index in [0.717, 1.165) is 31.7 Å². The molecule has 0 atom stereocenters. The molecule has 0 aliphatic carbocycles. The van der Waals surface area contributed by atoms with Gasteiger partial charge in [0.05, 0.1) is 12.1 Å². The molecule has 1 aliphatic rings. The highest BCUT2D eigenvalue weighted by molar-refractivity contribution is 5.96. The molecule has 1 amide bonds. The van der Waals surface area contributed by atoms with Crippen LogP contribution in [0.1, 0.15) is 22.3 Å². The van der Waals surface area contributed by atoms with Gasteiger partial charge in [-0.2, -0.15) is 0 Å². The quantitative estimate of drug-likeness (QED) is 0.736. The van der Waals surface area contributed by atoms with Crippen molar-refractivity contribution < 1.29 is 13.9 Å². The zero-order valence-electron chi connectivity index (χ0n) is 15.9. The summed E-state index contributed by atoms with van der Waals surface area (Å²) >= 11 is 0. The summed E-state index contributed by atoms with van der Waals surface area (Å²) in [7, 11) is 0. The lowest BCUT2D eigenvalue weighted by Gasteiger charge is -2.20. The fourth-order valence-electron chi connectivity index (χ4n) is 3.68. The Morgan fingerprint density at radius 3 is 2.66 bits per heavy atom. The molecule has 4 rings (SSSR count). The van der Waals surface area contributed by atoms with Gasteiger partial charge >= 0.3 is 0 Å². The Hall–Kier alpha value is -3.03. The number of carbonyl (C=O) groups excluding carboxylic acids is 1. The molecular formula is C22H22FN3O3. The lowest BCUT2D eigenvalue weighted by molar-refractivity contribution is 0.0999. The van der Waals surface area contributed by atoms with Crippen LogP contribution < -0.4 is 11.2 Å². The van der Waals surface area contributed by atoms with Crippen molar-refractivity contribution in [1.29, 1.82) is 0 Å². The van der Waals surface area contributed by atoms with Crippen molar-refractivity contribution in [2.45, 2.75) is 13.0 Å². The Morgan fingerprint density at radius 2 is 1.90 bits per heavy atom. The van der Waals surface area contributed by atoms with Crippen molar-refractivity contribution >= 4 is 16.8 Å². The molecule has 2 aromatic carbocycles. The highest BCUT2D eigenvalue weighted by Crippen LogP contribution is 2.20. The number of ether oxygens (including phenoxy) is 1. The van der Waals surface area contributed by atoms with Crippen LogP contribution in [0.4, 0.5) is 4.39 Å². The smallest absolute Gasteiger partial charge is 0.254 e. The van der Waals surface area contributed by atoms with Crippen molar-refractivity contribution in [2.24, 2.45) is 5.73 Å². The molecular weight excluding hydrogens is 373 g/mol. The molecule has 2 N–H and O–H groups in total. The van der Waals surface area contributed by atoms with Crippen molar-refractivity contribution in [1.82, 2.24) is 9.47 Å². The van der Waals surface area contributed by atoms with Gasteiger partial charge in [0.15, 0.2) is 0 Å². The molecule has 0 spiro atoms. The minimum absolute atomic E-state index is 0.0952. The van der Waals surface area contributed by atoms with Crippen molar-refractivity contribution in [3.8, 4) is 5.69 Å². The molecule has 6 nitrogen and oxygen atoms in total. The lowest BCUT2D eigenvalue weighted by Crippen LogP contribution is -2.26. The van der Waals surface area contributed by atoms with E-state index in [2.05, 4.69) is 4.90 Å². The van der Waals surface area contributed by atoms with Gasteiger partial charge in [0, 0.05) is 43.5 Å². The maximum atomic E-state index is 13.3. The number of fused-ring (bicyclic) bond motifs is 1. The predicted octanol–water partition coefficient (Wildman–Crippen LogP) is 2.45. The highest BCUT2D eigenvalue weighted by atomic mass is 19.1. The van der Waals surface area contributed by atoms with Gasteiger partial charge in [0.1, 0.15) is 11.4 Å². The van der Waals surface area contributed by atoms with Crippen molar-refractivity contribution in [3.05, 3.63) is 75.8 Å². The summed E-state index contributed by atoms with van der Waals surface area (Å²) in [6.07, 6.45) is 2.39. The summed E-state index contributed by atoms with van der Waals surface area (Å²) < 4.78 is 20.5. The summed E-state index contributed by atoms with van der Waals surface area (Å²) in [6, 6.07) is 11.5. The largest absolute Gasteiger partial charge is 0.380 e. The average molecular weight is 395 g/mol. The van der Waals surface area contributed by atoms with E-state index in [1.807, 2.05) is 18.2 Å². The van der Waals surface area contributed by atoms with Crippen molar-refractivity contribution in [2.75, 3.05) is 26.3 Å². The maximum absolute atomic E-state index is 13.3. The minimum atomic E-state index is -0.789. The van der Waals surface area contributed by atoms with Gasteiger partial charge in [-0.1, -0.05) is 6.07 Å². The van der Waals surface area contributed by atoms with E-state index >= 15 is 0 Å². The molecule has 1 saturated heterocycles. The predicted molar refractivity (Wildman–Crippen MR) is 109 cm³/mol. The Balaban J connectivity index is 1.82. The summed E-state index contributed by atoms with van der Waals surface area (Å²) in [6.45, 7) is 3.91. The number of nitrogens with zero attached hydrogens (tertiary/aromatic N) is 2. The average Bonchev–Trinajstić information content (AvgIpc) is 2.98. The fraction of sp³-hybridized carbons (Fsp3) is 0.273. The van der Waals surface area contributed by atoms with Crippen LogP contribution in [-0.2, 0) is 11.3 Å². The molecule has 2 heterocycles. The second-order valence-electron chi connectivity index (χ2n) is 7.18. The van der Waals surface area contributed by atoms with Gasteiger partial charge in [-0.15, -0.1) is 0 Å². The summed E-state index contributed by atoms with van der Waals surface area (Å²) in [5.74, 6) is -1.15. The van der Waals surface area contributed by atoms with Crippen LogP contribution in [0.25, 0.3) is 16.6 Å². The second-order valence-corrected chi connectivity index (χ2v) is 7.18. The van der Waals surface area contributed by atoms with E-state index in [4.69, 9.17) is 10.5 Å². The maximum Gasteiger partial charge on any atom is 0.254 e. The molecule has 0 bridgehead atoms. The number of halogens is 1. The number of hydrogen-bond donors (Lipinski definition) is 1. The third-order valence-electron chi connectivity index (χ3n) is 5.16. The van der Waals surface area contributed by atoms with E-state index in [0.29, 0.717) is 29.7 Å². The molecule has 1 aliphatic heterocycles. The number of pyridine rings is 1. The number of rotatable bonds is 4. The van der Waals surface area contributed by atoms with Crippen LogP contribution in [0.15, 0.2) is 53.5 Å². The van der Waals surface area contributed by atoms with Gasteiger partial charge in [0.25, 0.3) is 5.91 Å². The molecule has 1 fully saturated rings. The zero-order chi connectivity index (χ0) is 20.4. The SMILES string of the molecule is NC(=O)c1cn(-c2ccc(F)cc2)c2ccc(CN3CCCOCC3)cc2c1=O. The first-order chi connectivity index (χ1) is 14.0. The Labute approximate surface area is 167 Å². The first kappa shape index (κ1) is 19.3. The highest BCUT2D eigenvalue weighted by Gasteiger charge is 2.16. The molecule has 150 valence electrons. The first-order valence-electron chi connectivity index (χ1n) is 9.57. The van der Waals surface area contributed by atoms with Crippen LogP contribution >= 0.6 is 0 Å². The standard InChI is InChI=1S/C22H22FN3O3/c23-16-3-5-17(6-4-16)26-14-19(22(24)28)21(27)18-12-15(2-7-20(18)26)13-25-8-1-10-29-11-9-25/h2-7,12,14H,1,8-11,13H2,(H2,24,28). The molecule has 1 aromatic heterocycles. The van der Waals surface area contributed by atoms with Crippen LogP contribution in [0.5, 0.6) is 0 Å². The van der Waals surface area contributed by atoms with E-state index < -0.39 is 11.3 Å².